The van der Waals surface area contributed by atoms with Crippen molar-refractivity contribution in [3.63, 3.8) is 0 Å². The molecule has 1 aliphatic carbocycles. The van der Waals surface area contributed by atoms with Crippen LogP contribution in [0.25, 0.3) is 0 Å². The lowest BCUT2D eigenvalue weighted by Gasteiger charge is -2.12. The van der Waals surface area contributed by atoms with E-state index in [0.717, 1.165) is 17.5 Å². The molecule has 3 heteroatoms. The fraction of sp³-hybridized carbons (Fsp3) is 0.222. The second kappa shape index (κ2) is 5.82. The zero-order valence-electron chi connectivity index (χ0n) is 11.5. The number of rotatable bonds is 2. The molecule has 0 radical (unpaired) electrons. The molecule has 1 atom stereocenters. The lowest BCUT2D eigenvalue weighted by Crippen LogP contribution is -2.17. The summed E-state index contributed by atoms with van der Waals surface area (Å²) in [6.07, 6.45) is 1.77. The Kier molecular flexibility index (Phi) is 3.89. The lowest BCUT2D eigenvalue weighted by atomic mass is 9.90. The van der Waals surface area contributed by atoms with E-state index in [2.05, 4.69) is 0 Å². The summed E-state index contributed by atoms with van der Waals surface area (Å²) in [5.74, 6) is -0.144. The fourth-order valence-electron chi connectivity index (χ4n) is 2.85. The Morgan fingerprint density at radius 3 is 2.52 bits per heavy atom. The molecule has 3 rings (SSSR count). The quantitative estimate of drug-likeness (QED) is 0.610. The Balaban J connectivity index is 1.84. The zero-order chi connectivity index (χ0) is 14.8. The molecule has 0 saturated heterocycles. The molecule has 0 spiro atoms. The van der Waals surface area contributed by atoms with Gasteiger partial charge in [0.05, 0.1) is 0 Å². The van der Waals surface area contributed by atoms with Gasteiger partial charge in [-0.25, -0.2) is 0 Å². The van der Waals surface area contributed by atoms with Crippen LogP contribution in [0.3, 0.4) is 0 Å². The number of carbonyl (C=O) groups is 2. The van der Waals surface area contributed by atoms with E-state index in [-0.39, 0.29) is 17.5 Å². The highest BCUT2D eigenvalue weighted by molar-refractivity contribution is 6.30. The number of carbonyl (C=O) groups excluding carboxylic acids is 2. The Labute approximate surface area is 128 Å². The molecule has 106 valence electrons. The first-order valence-corrected chi connectivity index (χ1v) is 7.44. The molecular weight excluding hydrogens is 284 g/mol. The number of hydrogen-bond acceptors (Lipinski definition) is 2. The van der Waals surface area contributed by atoms with Gasteiger partial charge in [-0.15, -0.1) is 0 Å². The van der Waals surface area contributed by atoms with Gasteiger partial charge in [-0.3, -0.25) is 9.59 Å². The van der Waals surface area contributed by atoms with Crippen LogP contribution in [0.15, 0.2) is 48.5 Å². The highest BCUT2D eigenvalue weighted by Gasteiger charge is 2.27. The van der Waals surface area contributed by atoms with Crippen molar-refractivity contribution in [2.24, 2.45) is 5.92 Å². The van der Waals surface area contributed by atoms with Crippen molar-refractivity contribution in [3.05, 3.63) is 70.2 Å². The molecule has 2 aromatic rings. The Bertz CT molecular complexity index is 689. The topological polar surface area (TPSA) is 34.1 Å². The minimum atomic E-state index is -0.244. The first-order valence-electron chi connectivity index (χ1n) is 7.06. The maximum absolute atomic E-state index is 12.6. The van der Waals surface area contributed by atoms with Gasteiger partial charge in [0.2, 0.25) is 0 Å². The van der Waals surface area contributed by atoms with E-state index in [1.54, 1.807) is 24.3 Å². The van der Waals surface area contributed by atoms with Gasteiger partial charge >= 0.3 is 0 Å². The van der Waals surface area contributed by atoms with Gasteiger partial charge in [0.1, 0.15) is 0 Å². The number of hydrogen-bond donors (Lipinski definition) is 0. The predicted molar refractivity (Wildman–Crippen MR) is 83.0 cm³/mol. The number of fused-ring (bicyclic) bond motifs is 1. The van der Waals surface area contributed by atoms with Crippen molar-refractivity contribution in [2.75, 3.05) is 0 Å². The largest absolute Gasteiger partial charge is 0.294 e. The molecule has 2 nitrogen and oxygen atoms in total. The molecule has 21 heavy (non-hydrogen) atoms. The van der Waals surface area contributed by atoms with Crippen LogP contribution in [0.5, 0.6) is 0 Å². The third kappa shape index (κ3) is 2.91. The van der Waals surface area contributed by atoms with Gasteiger partial charge in [0.15, 0.2) is 11.6 Å². The summed E-state index contributed by atoms with van der Waals surface area (Å²) in [5.41, 5.74) is 2.45. The van der Waals surface area contributed by atoms with Crippen molar-refractivity contribution in [1.29, 1.82) is 0 Å². The van der Waals surface area contributed by atoms with Crippen molar-refractivity contribution < 1.29 is 9.59 Å². The van der Waals surface area contributed by atoms with E-state index >= 15 is 0 Å². The third-order valence-electron chi connectivity index (χ3n) is 4.01. The summed E-state index contributed by atoms with van der Waals surface area (Å²) in [4.78, 5) is 24.9. The highest BCUT2D eigenvalue weighted by Crippen LogP contribution is 2.27. The molecule has 0 fully saturated rings. The zero-order valence-corrected chi connectivity index (χ0v) is 12.3. The van der Waals surface area contributed by atoms with Crippen LogP contribution in [-0.4, -0.2) is 11.6 Å². The molecule has 0 aliphatic heterocycles. The van der Waals surface area contributed by atoms with E-state index in [4.69, 9.17) is 11.6 Å². The van der Waals surface area contributed by atoms with Gasteiger partial charge in [-0.1, -0.05) is 35.9 Å². The van der Waals surface area contributed by atoms with Crippen LogP contribution in [0.4, 0.5) is 0 Å². The van der Waals surface area contributed by atoms with E-state index in [1.165, 1.54) is 0 Å². The number of halogens is 1. The molecule has 0 saturated carbocycles. The lowest BCUT2D eigenvalue weighted by molar-refractivity contribution is 0.0851. The second-order valence-corrected chi connectivity index (χ2v) is 5.83. The van der Waals surface area contributed by atoms with E-state index in [1.807, 2.05) is 24.3 Å². The molecule has 0 aromatic heterocycles. The van der Waals surface area contributed by atoms with Crippen LogP contribution < -0.4 is 0 Å². The maximum atomic E-state index is 12.6. The minimum absolute atomic E-state index is 0.0350. The van der Waals surface area contributed by atoms with Gasteiger partial charge in [-0.2, -0.15) is 0 Å². The average molecular weight is 299 g/mol. The molecule has 2 aromatic carbocycles. The number of benzene rings is 2. The first kappa shape index (κ1) is 14.0. The summed E-state index contributed by atoms with van der Waals surface area (Å²) >= 11 is 5.85. The predicted octanol–water partition coefficient (Wildman–Crippen LogP) is 4.36. The van der Waals surface area contributed by atoms with E-state index in [0.29, 0.717) is 23.4 Å². The van der Waals surface area contributed by atoms with Gasteiger partial charge in [0.25, 0.3) is 0 Å². The van der Waals surface area contributed by atoms with Crippen LogP contribution in [0.2, 0.25) is 5.02 Å². The van der Waals surface area contributed by atoms with Crippen LogP contribution >= 0.6 is 11.6 Å². The van der Waals surface area contributed by atoms with Gasteiger partial charge in [0, 0.05) is 28.5 Å². The third-order valence-corrected chi connectivity index (χ3v) is 4.26. The summed E-state index contributed by atoms with van der Waals surface area (Å²) < 4.78 is 0. The molecule has 0 heterocycles. The normalized spacial score (nSPS) is 18.0. The number of aryl methyl sites for hydroxylation is 1. The number of Topliss-reactive ketones (excluding diaryl/α,β-unsaturated/α-hetero) is 2. The molecule has 0 amide bonds. The van der Waals surface area contributed by atoms with Gasteiger partial charge < -0.3 is 0 Å². The molecule has 1 unspecified atom stereocenters. The molecule has 1 aliphatic rings. The highest BCUT2D eigenvalue weighted by atomic mass is 35.5. The maximum Gasteiger partial charge on any atom is 0.166 e. The smallest absolute Gasteiger partial charge is 0.166 e. The second-order valence-electron chi connectivity index (χ2n) is 5.39. The van der Waals surface area contributed by atoms with Crippen molar-refractivity contribution in [3.8, 4) is 0 Å². The minimum Gasteiger partial charge on any atom is -0.294 e. The molecule has 0 bridgehead atoms. The SMILES string of the molecule is O=C1CC(C(=O)c2ccc(Cl)cc2)CCc2ccccc21. The van der Waals surface area contributed by atoms with Crippen molar-refractivity contribution >= 4 is 23.2 Å². The Morgan fingerprint density at radius 1 is 1.05 bits per heavy atom. The monoisotopic (exact) mass is 298 g/mol. The van der Waals surface area contributed by atoms with E-state index < -0.39 is 0 Å². The standard InChI is InChI=1S/C18H15ClO2/c19-15-9-7-13(8-10-15)18(21)14-6-5-12-3-1-2-4-16(12)17(20)11-14/h1-4,7-10,14H,5-6,11H2. The van der Waals surface area contributed by atoms with Crippen LogP contribution in [0.1, 0.15) is 39.1 Å². The van der Waals surface area contributed by atoms with Crippen LogP contribution in [0, 0.1) is 5.92 Å². The fourth-order valence-corrected chi connectivity index (χ4v) is 2.98. The van der Waals surface area contributed by atoms with Crippen molar-refractivity contribution in [2.45, 2.75) is 19.3 Å². The Morgan fingerprint density at radius 2 is 1.76 bits per heavy atom. The average Bonchev–Trinajstić information content (AvgIpc) is 2.67. The molecule has 0 N–H and O–H groups in total. The van der Waals surface area contributed by atoms with Gasteiger partial charge in [-0.05, 0) is 42.7 Å². The molecular formula is C18H15ClO2. The first-order chi connectivity index (χ1) is 10.1. The summed E-state index contributed by atoms with van der Waals surface area (Å²) in [6.45, 7) is 0. The number of ketones is 2. The summed E-state index contributed by atoms with van der Waals surface area (Å²) in [6, 6.07) is 14.5. The van der Waals surface area contributed by atoms with Crippen LogP contribution in [-0.2, 0) is 6.42 Å². The van der Waals surface area contributed by atoms with E-state index in [9.17, 15) is 9.59 Å². The summed E-state index contributed by atoms with van der Waals surface area (Å²) in [5, 5.41) is 0.607. The summed E-state index contributed by atoms with van der Waals surface area (Å²) in [7, 11) is 0. The van der Waals surface area contributed by atoms with Crippen molar-refractivity contribution in [1.82, 2.24) is 0 Å². The Hall–Kier alpha value is -1.93.